The van der Waals surface area contributed by atoms with Crippen LogP contribution in [0.2, 0.25) is 0 Å². The zero-order chi connectivity index (χ0) is 62.1. The third-order valence-corrected chi connectivity index (χ3v) is 19.1. The molecule has 0 aliphatic carbocycles. The molecule has 0 aliphatic rings. The van der Waals surface area contributed by atoms with Gasteiger partial charge < -0.3 is 18.3 Å². The van der Waals surface area contributed by atoms with E-state index in [2.05, 4.69) is 382 Å². The van der Waals surface area contributed by atoms with Gasteiger partial charge in [-0.3, -0.25) is 0 Å². The first-order valence-corrected chi connectivity index (χ1v) is 32.3. The Kier molecular flexibility index (Phi) is 13.2. The van der Waals surface area contributed by atoms with E-state index in [1.54, 1.807) is 0 Å². The number of para-hydroxylation sites is 5. The standard InChI is InChI=1S/C48H32N2.C42H28N2/c1-3-13-33(14-4-1)34-23-27-37(28-24-34)49-45-21-11-9-19-41(45)43-32-48-44(31-47(43)49)42-20-10-12-22-46(42)50(48)38-29-25-36(26-30-38)40-18-8-7-17-39(40)35-15-5-2-6-16-35;1-3-13-29(14-4-1)30-23-25-32(26-24-30)43-39-22-12-9-19-36(39)41-40(43)28-27-35-34-18-8-11-21-38(34)44(42(35)41)37-20-10-7-17-33(37)31-15-5-2-6-16-31/h1-32H;1-28H. The minimum atomic E-state index is 1.15. The predicted octanol–water partition coefficient (Wildman–Crippen LogP) is 24.1. The normalized spacial score (nSPS) is 11.6. The van der Waals surface area contributed by atoms with E-state index in [0.29, 0.717) is 0 Å². The maximum atomic E-state index is 2.49. The van der Waals surface area contributed by atoms with Crippen molar-refractivity contribution in [1.82, 2.24) is 18.3 Å². The topological polar surface area (TPSA) is 19.7 Å². The largest absolute Gasteiger partial charge is 0.309 e. The van der Waals surface area contributed by atoms with Crippen molar-refractivity contribution in [1.29, 1.82) is 0 Å². The van der Waals surface area contributed by atoms with Crippen LogP contribution in [0.25, 0.3) is 166 Å². The first kappa shape index (κ1) is 54.4. The van der Waals surface area contributed by atoms with Crippen LogP contribution in [0, 0.1) is 0 Å². The predicted molar refractivity (Wildman–Crippen MR) is 397 cm³/mol. The van der Waals surface area contributed by atoms with Gasteiger partial charge in [0.1, 0.15) is 0 Å². The Morgan fingerprint density at radius 2 is 0.468 bits per heavy atom. The maximum absolute atomic E-state index is 2.49. The van der Waals surface area contributed by atoms with Crippen LogP contribution in [0.15, 0.2) is 364 Å². The van der Waals surface area contributed by atoms with Crippen LogP contribution in [0.4, 0.5) is 0 Å². The second kappa shape index (κ2) is 22.8. The van der Waals surface area contributed by atoms with Crippen molar-refractivity contribution in [3.8, 4) is 78.4 Å². The van der Waals surface area contributed by atoms with Gasteiger partial charge in [-0.25, -0.2) is 0 Å². The number of hydrogen-bond donors (Lipinski definition) is 0. The monoisotopic (exact) mass is 1200 g/mol. The van der Waals surface area contributed by atoms with E-state index in [1.165, 1.54) is 149 Å². The second-order valence-corrected chi connectivity index (χ2v) is 24.3. The Hall–Kier alpha value is -12.5. The summed E-state index contributed by atoms with van der Waals surface area (Å²) in [5.41, 5.74) is 26.6. The fraction of sp³-hybridized carbons (Fsp3) is 0. The van der Waals surface area contributed by atoms with Gasteiger partial charge in [0, 0.05) is 65.7 Å². The molecule has 440 valence electrons. The van der Waals surface area contributed by atoms with E-state index in [0.717, 1.165) is 17.1 Å². The summed E-state index contributed by atoms with van der Waals surface area (Å²) >= 11 is 0. The quantitative estimate of drug-likeness (QED) is 0.137. The van der Waals surface area contributed by atoms with Gasteiger partial charge in [0.15, 0.2) is 0 Å². The van der Waals surface area contributed by atoms with Crippen molar-refractivity contribution in [3.05, 3.63) is 364 Å². The van der Waals surface area contributed by atoms with Crippen LogP contribution in [0.5, 0.6) is 0 Å². The molecule has 0 atom stereocenters. The van der Waals surface area contributed by atoms with Gasteiger partial charge in [0.25, 0.3) is 0 Å². The Labute approximate surface area is 544 Å². The van der Waals surface area contributed by atoms with Gasteiger partial charge in [-0.05, 0) is 135 Å². The van der Waals surface area contributed by atoms with Crippen molar-refractivity contribution >= 4 is 87.2 Å². The fourth-order valence-corrected chi connectivity index (χ4v) is 14.8. The summed E-state index contributed by atoms with van der Waals surface area (Å²) in [4.78, 5) is 0. The molecule has 0 N–H and O–H groups in total. The van der Waals surface area contributed by atoms with E-state index >= 15 is 0 Å². The van der Waals surface area contributed by atoms with E-state index in [-0.39, 0.29) is 0 Å². The van der Waals surface area contributed by atoms with Gasteiger partial charge >= 0.3 is 0 Å². The summed E-state index contributed by atoms with van der Waals surface area (Å²) in [6.07, 6.45) is 0. The van der Waals surface area contributed by atoms with Crippen molar-refractivity contribution < 1.29 is 0 Å². The SMILES string of the molecule is c1ccc(-c2ccc(-n3c4ccccc4c4c3ccc3c5ccccc5n(-c5ccccc5-c5ccccc5)c34)cc2)cc1.c1ccc(-c2ccc(-n3c4ccccc4c4cc5c(cc43)c3ccccc3n5-c3ccc(-c4ccccc4-c4ccccc4)cc3)cc2)cc1. The first-order valence-electron chi connectivity index (χ1n) is 32.3. The minimum Gasteiger partial charge on any atom is -0.309 e. The van der Waals surface area contributed by atoms with Gasteiger partial charge in [-0.1, -0.05) is 279 Å². The maximum Gasteiger partial charge on any atom is 0.0641 e. The molecule has 0 bridgehead atoms. The van der Waals surface area contributed by atoms with Gasteiger partial charge in [-0.2, -0.15) is 0 Å². The molecule has 19 aromatic rings. The van der Waals surface area contributed by atoms with Crippen LogP contribution in [0.1, 0.15) is 0 Å². The lowest BCUT2D eigenvalue weighted by Crippen LogP contribution is -1.98. The molecule has 0 spiro atoms. The smallest absolute Gasteiger partial charge is 0.0641 e. The summed E-state index contributed by atoms with van der Waals surface area (Å²) < 4.78 is 9.76. The molecule has 4 nitrogen and oxygen atoms in total. The Balaban J connectivity index is 0.000000139. The lowest BCUT2D eigenvalue weighted by molar-refractivity contribution is 1.17. The highest BCUT2D eigenvalue weighted by atomic mass is 15.0. The van der Waals surface area contributed by atoms with Crippen molar-refractivity contribution in [2.45, 2.75) is 0 Å². The molecule has 0 saturated carbocycles. The van der Waals surface area contributed by atoms with Gasteiger partial charge in [-0.15, -0.1) is 0 Å². The summed E-state index contributed by atoms with van der Waals surface area (Å²) in [6, 6.07) is 132. The van der Waals surface area contributed by atoms with Crippen molar-refractivity contribution in [2.24, 2.45) is 0 Å². The van der Waals surface area contributed by atoms with E-state index in [1.807, 2.05) is 0 Å². The number of fused-ring (bicyclic) bond motifs is 13. The molecule has 0 fully saturated rings. The average molecular weight is 1200 g/mol. The molecule has 4 heterocycles. The summed E-state index contributed by atoms with van der Waals surface area (Å²) in [7, 11) is 0. The van der Waals surface area contributed by atoms with Crippen molar-refractivity contribution in [3.63, 3.8) is 0 Å². The highest BCUT2D eigenvalue weighted by Gasteiger charge is 2.23. The van der Waals surface area contributed by atoms with Crippen molar-refractivity contribution in [2.75, 3.05) is 0 Å². The van der Waals surface area contributed by atoms with Crippen LogP contribution < -0.4 is 0 Å². The lowest BCUT2D eigenvalue weighted by atomic mass is 9.94. The molecule has 0 unspecified atom stereocenters. The molecule has 15 aromatic carbocycles. The Morgan fingerprint density at radius 1 is 0.160 bits per heavy atom. The molecule has 0 amide bonds. The number of aromatic nitrogens is 4. The molecular weight excluding hydrogens is 1140 g/mol. The zero-order valence-electron chi connectivity index (χ0n) is 51.4. The molecule has 4 aromatic heterocycles. The van der Waals surface area contributed by atoms with E-state index in [4.69, 9.17) is 0 Å². The fourth-order valence-electron chi connectivity index (χ4n) is 14.8. The van der Waals surface area contributed by atoms with Gasteiger partial charge in [0.05, 0.1) is 49.8 Å². The summed E-state index contributed by atoms with van der Waals surface area (Å²) in [5.74, 6) is 0. The Bertz CT molecular complexity index is 6030. The molecule has 0 aliphatic heterocycles. The third kappa shape index (κ3) is 9.06. The van der Waals surface area contributed by atoms with Crippen LogP contribution in [0.3, 0.4) is 0 Å². The van der Waals surface area contributed by atoms with Crippen LogP contribution >= 0.6 is 0 Å². The second-order valence-electron chi connectivity index (χ2n) is 24.3. The third-order valence-electron chi connectivity index (χ3n) is 19.1. The number of benzene rings is 15. The summed E-state index contributed by atoms with van der Waals surface area (Å²) in [5, 5.41) is 10.0. The van der Waals surface area contributed by atoms with Crippen LogP contribution in [-0.4, -0.2) is 18.3 Å². The summed E-state index contributed by atoms with van der Waals surface area (Å²) in [6.45, 7) is 0. The number of hydrogen-bond acceptors (Lipinski definition) is 0. The molecule has 4 heteroatoms. The highest BCUT2D eigenvalue weighted by Crippen LogP contribution is 2.45. The average Bonchev–Trinajstić information content (AvgIpc) is 1.55. The molecule has 19 rings (SSSR count). The minimum absolute atomic E-state index is 1.15. The van der Waals surface area contributed by atoms with E-state index in [9.17, 15) is 0 Å². The van der Waals surface area contributed by atoms with E-state index < -0.39 is 0 Å². The molecule has 94 heavy (non-hydrogen) atoms. The molecular formula is C90H60N4. The van der Waals surface area contributed by atoms with Crippen LogP contribution in [-0.2, 0) is 0 Å². The molecule has 0 saturated heterocycles. The lowest BCUT2D eigenvalue weighted by Gasteiger charge is -2.15. The van der Waals surface area contributed by atoms with Gasteiger partial charge in [0.2, 0.25) is 0 Å². The zero-order valence-corrected chi connectivity index (χ0v) is 51.4. The molecule has 0 radical (unpaired) electrons. The number of nitrogens with zero attached hydrogens (tertiary/aromatic N) is 4. The Morgan fingerprint density at radius 3 is 0.936 bits per heavy atom. The highest BCUT2D eigenvalue weighted by molar-refractivity contribution is 6.26. The first-order chi connectivity index (χ1) is 46.7. The number of rotatable bonds is 9.